The number of ketones is 2. The number of alkyl halides is 3. The molecule has 0 spiro atoms. The lowest BCUT2D eigenvalue weighted by Gasteiger charge is -2.04. The average Bonchev–Trinajstić information content (AvgIpc) is 2.16. The highest BCUT2D eigenvalue weighted by Crippen LogP contribution is 2.19. The molecule has 0 fully saturated rings. The predicted molar refractivity (Wildman–Crippen MR) is 46.8 cm³/mol. The molecule has 4 nitrogen and oxygen atoms in total. The maximum atomic E-state index is 11.9. The fourth-order valence-corrected chi connectivity index (χ4v) is 1.01. The van der Waals surface area contributed by atoms with Crippen LogP contribution in [0.25, 0.3) is 0 Å². The Balaban J connectivity index is 2.82. The lowest BCUT2D eigenvalue weighted by atomic mass is 10.1. The van der Waals surface area contributed by atoms with E-state index in [2.05, 4.69) is 9.97 Å². The Labute approximate surface area is 88.5 Å². The zero-order valence-electron chi connectivity index (χ0n) is 8.21. The van der Waals surface area contributed by atoms with E-state index in [9.17, 15) is 22.8 Å². The fraction of sp³-hybridized carbons (Fsp3) is 0.333. The zero-order valence-corrected chi connectivity index (χ0v) is 8.21. The van der Waals surface area contributed by atoms with Crippen molar-refractivity contribution in [3.63, 3.8) is 0 Å². The van der Waals surface area contributed by atoms with Crippen LogP contribution in [0.1, 0.15) is 22.6 Å². The summed E-state index contributed by atoms with van der Waals surface area (Å²) in [5.74, 6) is -3.06. The molecule has 16 heavy (non-hydrogen) atoms. The van der Waals surface area contributed by atoms with Crippen molar-refractivity contribution in [2.75, 3.05) is 0 Å². The van der Waals surface area contributed by atoms with Crippen molar-refractivity contribution in [2.24, 2.45) is 0 Å². The number of Topliss-reactive ketones (excluding diaryl/α,β-unsaturated/α-hetero) is 2. The van der Waals surface area contributed by atoms with Crippen LogP contribution in [0.15, 0.2) is 12.4 Å². The molecule has 1 rings (SSSR count). The first-order valence-corrected chi connectivity index (χ1v) is 4.23. The Morgan fingerprint density at radius 3 is 2.31 bits per heavy atom. The molecule has 0 aliphatic heterocycles. The summed E-state index contributed by atoms with van der Waals surface area (Å²) in [6, 6.07) is 0. The topological polar surface area (TPSA) is 59.9 Å². The highest BCUT2D eigenvalue weighted by atomic mass is 19.4. The lowest BCUT2D eigenvalue weighted by Crippen LogP contribution is -2.26. The molecule has 0 aromatic carbocycles. The number of nitrogens with zero attached hydrogens (tertiary/aromatic N) is 2. The molecule has 86 valence electrons. The van der Waals surface area contributed by atoms with E-state index in [4.69, 9.17) is 0 Å². The Hall–Kier alpha value is -1.79. The molecule has 0 saturated carbocycles. The third kappa shape index (κ3) is 2.85. The summed E-state index contributed by atoms with van der Waals surface area (Å²) in [6.45, 7) is 1.43. The van der Waals surface area contributed by atoms with Crippen LogP contribution in [-0.4, -0.2) is 27.7 Å². The summed E-state index contributed by atoms with van der Waals surface area (Å²) < 4.78 is 35.7. The molecule has 1 heterocycles. The van der Waals surface area contributed by atoms with Crippen LogP contribution in [0, 0.1) is 6.92 Å². The predicted octanol–water partition coefficient (Wildman–Crippen LogP) is 1.49. The van der Waals surface area contributed by atoms with Gasteiger partial charge in [0.1, 0.15) is 5.69 Å². The van der Waals surface area contributed by atoms with Crippen molar-refractivity contribution in [1.82, 2.24) is 9.97 Å². The molecule has 0 aliphatic rings. The van der Waals surface area contributed by atoms with E-state index in [-0.39, 0.29) is 11.4 Å². The summed E-state index contributed by atoms with van der Waals surface area (Å²) in [5.41, 5.74) is -0.0115. The first kappa shape index (κ1) is 12.3. The first-order valence-electron chi connectivity index (χ1n) is 4.23. The minimum atomic E-state index is -4.99. The fourth-order valence-electron chi connectivity index (χ4n) is 1.01. The molecule has 1 aromatic heterocycles. The Morgan fingerprint density at radius 2 is 1.81 bits per heavy atom. The van der Waals surface area contributed by atoms with Gasteiger partial charge in [0, 0.05) is 12.4 Å². The van der Waals surface area contributed by atoms with E-state index in [0.29, 0.717) is 0 Å². The van der Waals surface area contributed by atoms with Crippen molar-refractivity contribution in [3.05, 3.63) is 23.8 Å². The van der Waals surface area contributed by atoms with Gasteiger partial charge in [0.05, 0.1) is 12.1 Å². The van der Waals surface area contributed by atoms with E-state index in [1.807, 2.05) is 0 Å². The molecular weight excluding hydrogens is 225 g/mol. The number of carbonyl (C=O) groups excluding carboxylic acids is 2. The Kier molecular flexibility index (Phi) is 3.36. The molecule has 7 heteroatoms. The SMILES string of the molecule is Cc1nccnc1C(=O)CC(=O)C(F)(F)F. The molecular formula is C9H7F3N2O2. The van der Waals surface area contributed by atoms with Crippen molar-refractivity contribution < 1.29 is 22.8 Å². The summed E-state index contributed by atoms with van der Waals surface area (Å²) in [6.07, 6.45) is -3.75. The number of carbonyl (C=O) groups is 2. The second-order valence-corrected chi connectivity index (χ2v) is 3.01. The summed E-state index contributed by atoms with van der Waals surface area (Å²) >= 11 is 0. The Morgan fingerprint density at radius 1 is 1.25 bits per heavy atom. The number of hydrogen-bond donors (Lipinski definition) is 0. The van der Waals surface area contributed by atoms with E-state index >= 15 is 0 Å². The largest absolute Gasteiger partial charge is 0.450 e. The quantitative estimate of drug-likeness (QED) is 0.585. The van der Waals surface area contributed by atoms with Gasteiger partial charge in [-0.25, -0.2) is 4.98 Å². The number of aromatic nitrogens is 2. The molecule has 0 atom stereocenters. The van der Waals surface area contributed by atoms with Gasteiger partial charge in [0.15, 0.2) is 5.78 Å². The lowest BCUT2D eigenvalue weighted by molar-refractivity contribution is -0.170. The van der Waals surface area contributed by atoms with Gasteiger partial charge in [-0.2, -0.15) is 13.2 Å². The second-order valence-electron chi connectivity index (χ2n) is 3.01. The van der Waals surface area contributed by atoms with Crippen LogP contribution in [0.2, 0.25) is 0 Å². The van der Waals surface area contributed by atoms with Crippen molar-refractivity contribution in [1.29, 1.82) is 0 Å². The molecule has 0 aliphatic carbocycles. The molecule has 1 aromatic rings. The van der Waals surface area contributed by atoms with Gasteiger partial charge in [0.25, 0.3) is 0 Å². The van der Waals surface area contributed by atoms with Gasteiger partial charge in [0.2, 0.25) is 5.78 Å². The van der Waals surface area contributed by atoms with Crippen molar-refractivity contribution in [2.45, 2.75) is 19.5 Å². The van der Waals surface area contributed by atoms with E-state index < -0.39 is 24.2 Å². The van der Waals surface area contributed by atoms with Crippen LogP contribution in [0.5, 0.6) is 0 Å². The van der Waals surface area contributed by atoms with Gasteiger partial charge in [-0.15, -0.1) is 0 Å². The van der Waals surface area contributed by atoms with Gasteiger partial charge in [-0.05, 0) is 6.92 Å². The molecule has 0 bridgehead atoms. The normalized spacial score (nSPS) is 11.2. The van der Waals surface area contributed by atoms with Crippen LogP contribution in [-0.2, 0) is 4.79 Å². The highest BCUT2D eigenvalue weighted by Gasteiger charge is 2.39. The van der Waals surface area contributed by atoms with Crippen molar-refractivity contribution in [3.8, 4) is 0 Å². The maximum absolute atomic E-state index is 11.9. The number of halogens is 3. The third-order valence-corrected chi connectivity index (χ3v) is 1.78. The molecule has 0 radical (unpaired) electrons. The number of rotatable bonds is 3. The van der Waals surface area contributed by atoms with Gasteiger partial charge in [-0.1, -0.05) is 0 Å². The molecule has 0 saturated heterocycles. The van der Waals surface area contributed by atoms with Gasteiger partial charge in [-0.3, -0.25) is 14.6 Å². The molecule has 0 unspecified atom stereocenters. The zero-order chi connectivity index (χ0) is 12.3. The van der Waals surface area contributed by atoms with Crippen LogP contribution < -0.4 is 0 Å². The number of hydrogen-bond acceptors (Lipinski definition) is 4. The Bertz CT molecular complexity index is 429. The minimum absolute atomic E-state index is 0.197. The summed E-state index contributed by atoms with van der Waals surface area (Å²) in [4.78, 5) is 29.1. The van der Waals surface area contributed by atoms with Crippen LogP contribution in [0.4, 0.5) is 13.2 Å². The van der Waals surface area contributed by atoms with E-state index in [0.717, 1.165) is 0 Å². The molecule has 0 N–H and O–H groups in total. The van der Waals surface area contributed by atoms with E-state index in [1.165, 1.54) is 19.3 Å². The van der Waals surface area contributed by atoms with Crippen molar-refractivity contribution >= 4 is 11.6 Å². The standard InChI is InChI=1S/C9H7F3N2O2/c1-5-8(14-3-2-13-5)6(15)4-7(16)9(10,11)12/h2-3H,4H2,1H3. The van der Waals surface area contributed by atoms with E-state index in [1.54, 1.807) is 0 Å². The smallest absolute Gasteiger partial charge is 0.292 e. The average molecular weight is 232 g/mol. The minimum Gasteiger partial charge on any atom is -0.292 e. The summed E-state index contributed by atoms with van der Waals surface area (Å²) in [5, 5.41) is 0. The maximum Gasteiger partial charge on any atom is 0.450 e. The second kappa shape index (κ2) is 4.38. The number of aryl methyl sites for hydroxylation is 1. The van der Waals surface area contributed by atoms with Gasteiger partial charge >= 0.3 is 6.18 Å². The van der Waals surface area contributed by atoms with Gasteiger partial charge < -0.3 is 0 Å². The first-order chi connectivity index (χ1) is 7.32. The highest BCUT2D eigenvalue weighted by molar-refractivity contribution is 6.08. The monoisotopic (exact) mass is 232 g/mol. The van der Waals surface area contributed by atoms with Crippen LogP contribution in [0.3, 0.4) is 0 Å². The molecule has 0 amide bonds. The third-order valence-electron chi connectivity index (χ3n) is 1.78. The summed E-state index contributed by atoms with van der Waals surface area (Å²) in [7, 11) is 0. The van der Waals surface area contributed by atoms with Crippen LogP contribution >= 0.6 is 0 Å².